The van der Waals surface area contributed by atoms with Crippen LogP contribution < -0.4 is 10.6 Å². The second kappa shape index (κ2) is 12.8. The Kier molecular flexibility index (Phi) is 10.1. The zero-order chi connectivity index (χ0) is 22.6. The van der Waals surface area contributed by atoms with Crippen LogP contribution in [0.1, 0.15) is 30.5 Å². The lowest BCUT2D eigenvalue weighted by Crippen LogP contribution is -2.35. The Morgan fingerprint density at radius 2 is 2.06 bits per heavy atom. The fourth-order valence-electron chi connectivity index (χ4n) is 3.58. The maximum Gasteiger partial charge on any atom is 0.155 e. The minimum atomic E-state index is 0.136. The first-order valence-corrected chi connectivity index (χ1v) is 10.5. The van der Waals surface area contributed by atoms with Crippen LogP contribution in [0.2, 0.25) is 0 Å². The number of anilines is 2. The number of nitrogens with two attached hydrogens (primary N) is 1. The van der Waals surface area contributed by atoms with E-state index in [2.05, 4.69) is 9.89 Å². The molecule has 0 bridgehead atoms. The predicted octanol–water partition coefficient (Wildman–Crippen LogP) is 2.38. The molecule has 1 saturated heterocycles. The number of ether oxygens (including phenoxy) is 1. The molecule has 31 heavy (non-hydrogen) atoms. The van der Waals surface area contributed by atoms with Crippen LogP contribution in [-0.2, 0) is 16.0 Å². The number of rotatable bonds is 8. The quantitative estimate of drug-likeness (QED) is 0.288. The maximum absolute atomic E-state index is 11.1. The molecule has 8 heteroatoms. The number of carbonyl (C=O) groups excluding carboxylic acids is 1. The zero-order valence-corrected chi connectivity index (χ0v) is 18.6. The van der Waals surface area contributed by atoms with Crippen molar-refractivity contribution in [2.75, 3.05) is 51.6 Å². The summed E-state index contributed by atoms with van der Waals surface area (Å²) in [7, 11) is 4.43. The van der Waals surface area contributed by atoms with E-state index in [0.29, 0.717) is 12.3 Å². The van der Waals surface area contributed by atoms with Gasteiger partial charge in [0.05, 0.1) is 5.69 Å². The summed E-state index contributed by atoms with van der Waals surface area (Å²) >= 11 is 0. The number of aromatic nitrogens is 2. The summed E-state index contributed by atoms with van der Waals surface area (Å²) in [6.45, 7) is 2.29. The number of methoxy groups -OCH3 is 1. The molecule has 0 atom stereocenters. The molecule has 3 N–H and O–H groups in total. The van der Waals surface area contributed by atoms with Gasteiger partial charge in [0.2, 0.25) is 0 Å². The second-order valence-corrected chi connectivity index (χ2v) is 7.32. The summed E-state index contributed by atoms with van der Waals surface area (Å²) in [4.78, 5) is 27.2. The Bertz CT molecular complexity index is 864. The SMILES string of the molecule is CN=Cc1cc(-c2ncc(CCCOC)nc2N2CCC(C=O)CC2)ccc1N.CO. The first-order chi connectivity index (χ1) is 15.2. The zero-order valence-electron chi connectivity index (χ0n) is 18.6. The topological polar surface area (TPSA) is 114 Å². The van der Waals surface area contributed by atoms with E-state index in [1.807, 2.05) is 24.4 Å². The first kappa shape index (κ1) is 24.4. The molecular formula is C23H33N5O3. The fraction of sp³-hybridized carbons (Fsp3) is 0.478. The Hall–Kier alpha value is -2.84. The van der Waals surface area contributed by atoms with Crippen LogP contribution in [0.15, 0.2) is 29.4 Å². The number of hydrogen-bond donors (Lipinski definition) is 2. The Labute approximate surface area is 184 Å². The monoisotopic (exact) mass is 427 g/mol. The molecule has 1 aromatic heterocycles. The minimum absolute atomic E-state index is 0.136. The molecule has 2 aromatic rings. The Balaban J connectivity index is 0.00000166. The Morgan fingerprint density at radius 1 is 1.32 bits per heavy atom. The molecule has 168 valence electrons. The molecule has 1 aliphatic rings. The molecule has 0 unspecified atom stereocenters. The predicted molar refractivity (Wildman–Crippen MR) is 125 cm³/mol. The van der Waals surface area contributed by atoms with Crippen molar-refractivity contribution in [2.45, 2.75) is 25.7 Å². The van der Waals surface area contributed by atoms with Crippen molar-refractivity contribution in [3.05, 3.63) is 35.7 Å². The van der Waals surface area contributed by atoms with E-state index < -0.39 is 0 Å². The number of aliphatic hydroxyl groups is 1. The maximum atomic E-state index is 11.1. The van der Waals surface area contributed by atoms with Crippen molar-refractivity contribution in [2.24, 2.45) is 10.9 Å². The van der Waals surface area contributed by atoms with E-state index >= 15 is 0 Å². The number of aryl methyl sites for hydroxylation is 1. The van der Waals surface area contributed by atoms with Gasteiger partial charge in [-0.3, -0.25) is 9.98 Å². The minimum Gasteiger partial charge on any atom is -0.400 e. The lowest BCUT2D eigenvalue weighted by molar-refractivity contribution is -0.111. The van der Waals surface area contributed by atoms with Gasteiger partial charge in [0, 0.05) is 76.1 Å². The van der Waals surface area contributed by atoms with Gasteiger partial charge in [0.15, 0.2) is 5.82 Å². The van der Waals surface area contributed by atoms with Crippen LogP contribution in [0.3, 0.4) is 0 Å². The van der Waals surface area contributed by atoms with Crippen molar-refractivity contribution < 1.29 is 14.6 Å². The number of hydrogen-bond acceptors (Lipinski definition) is 8. The Morgan fingerprint density at radius 3 is 2.71 bits per heavy atom. The van der Waals surface area contributed by atoms with Gasteiger partial charge < -0.3 is 25.3 Å². The average molecular weight is 428 g/mol. The van der Waals surface area contributed by atoms with Gasteiger partial charge in [-0.05, 0) is 37.8 Å². The lowest BCUT2D eigenvalue weighted by atomic mass is 9.98. The third-order valence-corrected chi connectivity index (χ3v) is 5.25. The molecule has 1 aliphatic heterocycles. The molecule has 1 fully saturated rings. The number of nitrogen functional groups attached to an aromatic ring is 1. The second-order valence-electron chi connectivity index (χ2n) is 7.32. The van der Waals surface area contributed by atoms with E-state index in [9.17, 15) is 4.79 Å². The number of carbonyl (C=O) groups is 1. The number of aldehydes is 1. The van der Waals surface area contributed by atoms with Gasteiger partial charge in [0.1, 0.15) is 12.0 Å². The van der Waals surface area contributed by atoms with E-state index in [1.165, 1.54) is 0 Å². The molecule has 3 rings (SSSR count). The normalized spacial score (nSPS) is 14.4. The summed E-state index contributed by atoms with van der Waals surface area (Å²) in [5.41, 5.74) is 10.3. The summed E-state index contributed by atoms with van der Waals surface area (Å²) < 4.78 is 5.16. The molecule has 0 amide bonds. The van der Waals surface area contributed by atoms with Gasteiger partial charge in [-0.2, -0.15) is 0 Å². The smallest absolute Gasteiger partial charge is 0.155 e. The van der Waals surface area contributed by atoms with Crippen molar-refractivity contribution in [1.82, 2.24) is 9.97 Å². The van der Waals surface area contributed by atoms with Gasteiger partial charge in [-0.25, -0.2) is 4.98 Å². The number of aliphatic imine (C=N–C) groups is 1. The first-order valence-electron chi connectivity index (χ1n) is 10.5. The van der Waals surface area contributed by atoms with Crippen molar-refractivity contribution >= 4 is 24.0 Å². The van der Waals surface area contributed by atoms with Gasteiger partial charge in [-0.15, -0.1) is 0 Å². The van der Waals surface area contributed by atoms with Crippen LogP contribution in [-0.4, -0.2) is 68.5 Å². The van der Waals surface area contributed by atoms with Crippen LogP contribution in [0.4, 0.5) is 11.5 Å². The summed E-state index contributed by atoms with van der Waals surface area (Å²) in [6.07, 6.45) is 8.06. The summed E-state index contributed by atoms with van der Waals surface area (Å²) in [5, 5.41) is 7.00. The van der Waals surface area contributed by atoms with Crippen molar-refractivity contribution in [3.63, 3.8) is 0 Å². The van der Waals surface area contributed by atoms with Gasteiger partial charge in [-0.1, -0.05) is 6.07 Å². The highest BCUT2D eigenvalue weighted by atomic mass is 16.5. The molecule has 0 radical (unpaired) electrons. The van der Waals surface area contributed by atoms with Gasteiger partial charge >= 0.3 is 0 Å². The molecule has 1 aromatic carbocycles. The third kappa shape index (κ3) is 6.57. The van der Waals surface area contributed by atoms with E-state index in [4.69, 9.17) is 25.5 Å². The highest BCUT2D eigenvalue weighted by Gasteiger charge is 2.23. The molecular weight excluding hydrogens is 394 g/mol. The third-order valence-electron chi connectivity index (χ3n) is 5.25. The molecule has 2 heterocycles. The molecule has 8 nitrogen and oxygen atoms in total. The summed E-state index contributed by atoms with van der Waals surface area (Å²) in [5.74, 6) is 1.00. The molecule has 0 aliphatic carbocycles. The van der Waals surface area contributed by atoms with Crippen molar-refractivity contribution in [1.29, 1.82) is 0 Å². The number of aliphatic hydroxyl groups excluding tert-OH is 1. The van der Waals surface area contributed by atoms with Crippen molar-refractivity contribution in [3.8, 4) is 11.3 Å². The fourth-order valence-corrected chi connectivity index (χ4v) is 3.58. The van der Waals surface area contributed by atoms with E-state index in [0.717, 1.165) is 80.5 Å². The summed E-state index contributed by atoms with van der Waals surface area (Å²) in [6, 6.07) is 5.85. The average Bonchev–Trinajstić information content (AvgIpc) is 2.82. The number of piperidine rings is 1. The molecule has 0 spiro atoms. The lowest BCUT2D eigenvalue weighted by Gasteiger charge is -2.32. The van der Waals surface area contributed by atoms with Crippen LogP contribution in [0, 0.1) is 5.92 Å². The highest BCUT2D eigenvalue weighted by molar-refractivity contribution is 5.90. The van der Waals surface area contributed by atoms with E-state index in [-0.39, 0.29) is 5.92 Å². The molecule has 0 saturated carbocycles. The standard InChI is InChI=1S/C22H29N5O2.CH4O/c1-24-13-18-12-17(5-6-20(18)23)21-22(27-9-7-16(15-28)8-10-27)26-19(14-25-21)4-3-11-29-2;1-2/h5-6,12-16H,3-4,7-11,23H2,1-2H3;2H,1H3. The van der Waals surface area contributed by atoms with E-state index in [1.54, 1.807) is 20.4 Å². The number of benzene rings is 1. The largest absolute Gasteiger partial charge is 0.400 e. The van der Waals surface area contributed by atoms with Crippen LogP contribution in [0.25, 0.3) is 11.3 Å². The number of nitrogens with zero attached hydrogens (tertiary/aromatic N) is 4. The van der Waals surface area contributed by atoms with Crippen LogP contribution >= 0.6 is 0 Å². The highest BCUT2D eigenvalue weighted by Crippen LogP contribution is 2.31. The van der Waals surface area contributed by atoms with Crippen LogP contribution in [0.5, 0.6) is 0 Å². The van der Waals surface area contributed by atoms with Gasteiger partial charge in [0.25, 0.3) is 0 Å².